The highest BCUT2D eigenvalue weighted by Crippen LogP contribution is 2.68. The molecule has 0 bridgehead atoms. The van der Waals surface area contributed by atoms with Crippen LogP contribution in [0.5, 0.6) is 0 Å². The predicted octanol–water partition coefficient (Wildman–Crippen LogP) is 1.80. The minimum Gasteiger partial charge on any atom is -0.409 e. The Hall–Kier alpha value is -1.26. The third-order valence-electron chi connectivity index (χ3n) is 5.51. The van der Waals surface area contributed by atoms with Crippen molar-refractivity contribution in [2.45, 2.75) is 53.0 Å². The topological polar surface area (TPSA) is 78.9 Å². The molecule has 1 atom stereocenters. The van der Waals surface area contributed by atoms with Gasteiger partial charge in [0.1, 0.15) is 0 Å². The molecule has 5 nitrogen and oxygen atoms in total. The Bertz CT molecular complexity index is 401. The van der Waals surface area contributed by atoms with Gasteiger partial charge in [-0.05, 0) is 30.1 Å². The van der Waals surface area contributed by atoms with Crippen molar-refractivity contribution in [1.82, 2.24) is 4.90 Å². The number of amidine groups is 1. The number of piperidine rings is 1. The summed E-state index contributed by atoms with van der Waals surface area (Å²) in [6, 6.07) is -0.238. The van der Waals surface area contributed by atoms with Crippen LogP contribution < -0.4 is 5.73 Å². The van der Waals surface area contributed by atoms with E-state index < -0.39 is 0 Å². The number of oxime groups is 1. The number of likely N-dealkylation sites (tertiary alicyclic amines) is 1. The first-order valence-corrected chi connectivity index (χ1v) is 7.03. The molecule has 1 aliphatic carbocycles. The lowest BCUT2D eigenvalue weighted by atomic mass is 9.99. The molecule has 5 heteroatoms. The molecular formula is C14H25N3O2. The van der Waals surface area contributed by atoms with E-state index in [9.17, 15) is 4.79 Å². The highest BCUT2D eigenvalue weighted by atomic mass is 16.4. The summed E-state index contributed by atoms with van der Waals surface area (Å²) in [5, 5.41) is 12.0. The van der Waals surface area contributed by atoms with Crippen molar-refractivity contribution < 1.29 is 10.0 Å². The Balaban J connectivity index is 2.18. The van der Waals surface area contributed by atoms with Crippen molar-refractivity contribution in [3.05, 3.63) is 0 Å². The van der Waals surface area contributed by atoms with E-state index in [0.717, 1.165) is 19.3 Å². The first kappa shape index (κ1) is 14.2. The maximum absolute atomic E-state index is 12.8. The molecule has 2 aliphatic rings. The molecule has 108 valence electrons. The second-order valence-corrected chi connectivity index (χ2v) is 6.94. The molecule has 2 rings (SSSR count). The van der Waals surface area contributed by atoms with Crippen LogP contribution in [-0.4, -0.2) is 34.4 Å². The van der Waals surface area contributed by atoms with Gasteiger partial charge in [0.05, 0.1) is 6.04 Å². The lowest BCUT2D eigenvalue weighted by Crippen LogP contribution is -2.51. The van der Waals surface area contributed by atoms with Gasteiger partial charge in [-0.15, -0.1) is 0 Å². The number of carbonyl (C=O) groups excluding carboxylic acids is 1. The molecule has 2 fully saturated rings. The van der Waals surface area contributed by atoms with E-state index in [1.165, 1.54) is 0 Å². The lowest BCUT2D eigenvalue weighted by molar-refractivity contribution is -0.136. The van der Waals surface area contributed by atoms with Crippen LogP contribution >= 0.6 is 0 Å². The molecule has 1 aliphatic heterocycles. The van der Waals surface area contributed by atoms with Crippen LogP contribution in [0.3, 0.4) is 0 Å². The third-order valence-corrected chi connectivity index (χ3v) is 5.51. The Kier molecular flexibility index (Phi) is 3.27. The number of carbonyl (C=O) groups is 1. The molecule has 1 amide bonds. The fourth-order valence-corrected chi connectivity index (χ4v) is 3.55. The summed E-state index contributed by atoms with van der Waals surface area (Å²) in [5.74, 6) is 0.350. The molecular weight excluding hydrogens is 242 g/mol. The smallest absolute Gasteiger partial charge is 0.227 e. The van der Waals surface area contributed by atoms with Gasteiger partial charge in [-0.3, -0.25) is 4.79 Å². The molecule has 0 aromatic carbocycles. The number of nitrogens with zero attached hydrogens (tertiary/aromatic N) is 2. The lowest BCUT2D eigenvalue weighted by Gasteiger charge is -2.35. The van der Waals surface area contributed by atoms with Gasteiger partial charge < -0.3 is 15.8 Å². The summed E-state index contributed by atoms with van der Waals surface area (Å²) in [7, 11) is 0. The monoisotopic (exact) mass is 267 g/mol. The standard InChI is InChI=1S/C14H25N3O2/c1-13(2)10(14(13,3)4)12(18)17-8-6-5-7-9(17)11(15)16-19/h9-10,19H,5-8H2,1-4H3,(H2,15,16). The van der Waals surface area contributed by atoms with Crippen LogP contribution in [0.1, 0.15) is 47.0 Å². The van der Waals surface area contributed by atoms with Crippen LogP contribution in [0, 0.1) is 16.7 Å². The molecule has 0 aromatic rings. The normalized spacial score (nSPS) is 30.2. The second-order valence-electron chi connectivity index (χ2n) is 6.94. The van der Waals surface area contributed by atoms with E-state index in [-0.39, 0.29) is 34.5 Å². The SMILES string of the molecule is CC1(C)C(C(=O)N2CCCCC2C(N)=NO)C1(C)C. The van der Waals surface area contributed by atoms with Gasteiger partial charge in [0.2, 0.25) is 5.91 Å². The van der Waals surface area contributed by atoms with E-state index in [4.69, 9.17) is 10.9 Å². The number of rotatable bonds is 2. The van der Waals surface area contributed by atoms with Crippen LogP contribution in [0.25, 0.3) is 0 Å². The average Bonchev–Trinajstić information content (AvgIpc) is 2.78. The van der Waals surface area contributed by atoms with Gasteiger partial charge in [-0.25, -0.2) is 0 Å². The van der Waals surface area contributed by atoms with Gasteiger partial charge in [0.25, 0.3) is 0 Å². The number of amides is 1. The molecule has 1 heterocycles. The third kappa shape index (κ3) is 1.99. The summed E-state index contributed by atoms with van der Waals surface area (Å²) in [5.41, 5.74) is 5.79. The van der Waals surface area contributed by atoms with Gasteiger partial charge >= 0.3 is 0 Å². The molecule has 1 saturated heterocycles. The van der Waals surface area contributed by atoms with Crippen molar-refractivity contribution in [3.63, 3.8) is 0 Å². The van der Waals surface area contributed by atoms with Gasteiger partial charge in [0.15, 0.2) is 5.84 Å². The van der Waals surface area contributed by atoms with Crippen molar-refractivity contribution in [2.24, 2.45) is 27.6 Å². The van der Waals surface area contributed by atoms with E-state index in [1.54, 1.807) is 0 Å². The zero-order valence-corrected chi connectivity index (χ0v) is 12.3. The zero-order valence-electron chi connectivity index (χ0n) is 12.3. The predicted molar refractivity (Wildman–Crippen MR) is 73.8 cm³/mol. The first-order valence-electron chi connectivity index (χ1n) is 7.03. The van der Waals surface area contributed by atoms with Crippen LogP contribution in [0.2, 0.25) is 0 Å². The molecule has 0 aromatic heterocycles. The van der Waals surface area contributed by atoms with Crippen LogP contribution in [-0.2, 0) is 4.79 Å². The summed E-state index contributed by atoms with van der Waals surface area (Å²) >= 11 is 0. The van der Waals surface area contributed by atoms with Crippen molar-refractivity contribution >= 4 is 11.7 Å². The Morgan fingerprint density at radius 1 is 1.26 bits per heavy atom. The van der Waals surface area contributed by atoms with E-state index in [1.807, 2.05) is 4.90 Å². The van der Waals surface area contributed by atoms with E-state index >= 15 is 0 Å². The molecule has 0 spiro atoms. The number of hydrogen-bond acceptors (Lipinski definition) is 3. The maximum atomic E-state index is 12.8. The number of hydrogen-bond donors (Lipinski definition) is 2. The average molecular weight is 267 g/mol. The highest BCUT2D eigenvalue weighted by Gasteiger charge is 2.69. The minimum atomic E-state index is -0.238. The molecule has 1 saturated carbocycles. The second kappa shape index (κ2) is 4.39. The van der Waals surface area contributed by atoms with Gasteiger partial charge in [-0.2, -0.15) is 0 Å². The first-order chi connectivity index (χ1) is 8.75. The molecule has 0 radical (unpaired) electrons. The molecule has 3 N–H and O–H groups in total. The van der Waals surface area contributed by atoms with E-state index in [2.05, 4.69) is 32.9 Å². The molecule has 19 heavy (non-hydrogen) atoms. The maximum Gasteiger partial charge on any atom is 0.227 e. The van der Waals surface area contributed by atoms with Crippen molar-refractivity contribution in [3.8, 4) is 0 Å². The fourth-order valence-electron chi connectivity index (χ4n) is 3.55. The number of nitrogens with two attached hydrogens (primary N) is 1. The van der Waals surface area contributed by atoms with Crippen molar-refractivity contribution in [2.75, 3.05) is 6.54 Å². The Morgan fingerprint density at radius 3 is 2.32 bits per heavy atom. The van der Waals surface area contributed by atoms with Crippen LogP contribution in [0.15, 0.2) is 5.16 Å². The largest absolute Gasteiger partial charge is 0.409 e. The van der Waals surface area contributed by atoms with Gasteiger partial charge in [0, 0.05) is 12.5 Å². The summed E-state index contributed by atoms with van der Waals surface area (Å²) < 4.78 is 0. The summed E-state index contributed by atoms with van der Waals surface area (Å²) in [6.07, 6.45) is 2.80. The van der Waals surface area contributed by atoms with Gasteiger partial charge in [-0.1, -0.05) is 32.9 Å². The van der Waals surface area contributed by atoms with Crippen molar-refractivity contribution in [1.29, 1.82) is 0 Å². The Labute approximate surface area is 114 Å². The fraction of sp³-hybridized carbons (Fsp3) is 0.857. The Morgan fingerprint density at radius 2 is 1.84 bits per heavy atom. The minimum absolute atomic E-state index is 0.0250. The zero-order chi connectivity index (χ0) is 14.4. The quantitative estimate of drug-likeness (QED) is 0.346. The van der Waals surface area contributed by atoms with Crippen LogP contribution in [0.4, 0.5) is 0 Å². The molecule has 1 unspecified atom stereocenters. The van der Waals surface area contributed by atoms with E-state index in [0.29, 0.717) is 6.54 Å². The summed E-state index contributed by atoms with van der Waals surface area (Å²) in [4.78, 5) is 14.6. The summed E-state index contributed by atoms with van der Waals surface area (Å²) in [6.45, 7) is 9.26. The highest BCUT2D eigenvalue weighted by molar-refractivity contribution is 5.92.